The summed E-state index contributed by atoms with van der Waals surface area (Å²) < 4.78 is 11.2. The van der Waals surface area contributed by atoms with Crippen molar-refractivity contribution in [3.8, 4) is 11.5 Å². The van der Waals surface area contributed by atoms with Crippen LogP contribution in [0.1, 0.15) is 25.8 Å². The smallest absolute Gasteiger partial charge is 0.180 e. The molecule has 0 radical (unpaired) electrons. The Morgan fingerprint density at radius 3 is 2.65 bits per heavy atom. The predicted molar refractivity (Wildman–Crippen MR) is 97.1 cm³/mol. The van der Waals surface area contributed by atoms with Crippen molar-refractivity contribution in [3.05, 3.63) is 52.0 Å². The van der Waals surface area contributed by atoms with Crippen LogP contribution in [0.15, 0.2) is 41.4 Å². The second kappa shape index (κ2) is 8.23. The summed E-state index contributed by atoms with van der Waals surface area (Å²) >= 11 is 12.3. The highest BCUT2D eigenvalue weighted by atomic mass is 35.5. The average Bonchev–Trinajstić information content (AvgIpc) is 2.54. The summed E-state index contributed by atoms with van der Waals surface area (Å²) in [7, 11) is 1.59. The highest BCUT2D eigenvalue weighted by Gasteiger charge is 2.13. The van der Waals surface area contributed by atoms with Crippen LogP contribution in [0, 0.1) is 0 Å². The van der Waals surface area contributed by atoms with Gasteiger partial charge in [-0.05, 0) is 49.2 Å². The zero-order valence-corrected chi connectivity index (χ0v) is 14.9. The molecule has 0 heterocycles. The molecule has 0 aliphatic carbocycles. The van der Waals surface area contributed by atoms with Gasteiger partial charge in [-0.1, -0.05) is 36.2 Å². The molecule has 122 valence electrons. The van der Waals surface area contributed by atoms with Gasteiger partial charge < -0.3 is 9.47 Å². The first-order valence-corrected chi connectivity index (χ1v) is 8.13. The molecule has 0 amide bonds. The van der Waals surface area contributed by atoms with Gasteiger partial charge in [-0.3, -0.25) is 4.99 Å². The summed E-state index contributed by atoms with van der Waals surface area (Å²) in [6, 6.07) is 11.0. The van der Waals surface area contributed by atoms with Crippen molar-refractivity contribution in [1.29, 1.82) is 0 Å². The molecule has 0 N–H and O–H groups in total. The van der Waals surface area contributed by atoms with Crippen molar-refractivity contribution in [2.45, 2.75) is 26.4 Å². The van der Waals surface area contributed by atoms with Crippen LogP contribution in [-0.2, 0) is 0 Å². The summed E-state index contributed by atoms with van der Waals surface area (Å²) in [5.41, 5.74) is 1.59. The van der Waals surface area contributed by atoms with Crippen LogP contribution in [-0.4, -0.2) is 19.4 Å². The fourth-order valence-corrected chi connectivity index (χ4v) is 2.37. The van der Waals surface area contributed by atoms with Crippen molar-refractivity contribution in [1.82, 2.24) is 0 Å². The molecule has 0 aromatic heterocycles. The number of ether oxygens (including phenoxy) is 2. The van der Waals surface area contributed by atoms with E-state index in [4.69, 9.17) is 32.7 Å². The summed E-state index contributed by atoms with van der Waals surface area (Å²) in [6.07, 6.45) is 2.66. The lowest BCUT2D eigenvalue weighted by Crippen LogP contribution is -2.11. The minimum absolute atomic E-state index is 0.0624. The van der Waals surface area contributed by atoms with Gasteiger partial charge in [-0.25, -0.2) is 0 Å². The van der Waals surface area contributed by atoms with E-state index < -0.39 is 0 Å². The molecule has 0 aliphatic heterocycles. The summed E-state index contributed by atoms with van der Waals surface area (Å²) in [6.45, 7) is 4.04. The Bertz CT molecular complexity index is 701. The Hall–Kier alpha value is -1.71. The van der Waals surface area contributed by atoms with Crippen LogP contribution >= 0.6 is 23.2 Å². The van der Waals surface area contributed by atoms with E-state index in [9.17, 15) is 0 Å². The molecule has 2 rings (SSSR count). The predicted octanol–water partition coefficient (Wildman–Crippen LogP) is 5.93. The number of hydrogen-bond donors (Lipinski definition) is 0. The third-order valence-electron chi connectivity index (χ3n) is 3.32. The Morgan fingerprint density at radius 1 is 1.22 bits per heavy atom. The van der Waals surface area contributed by atoms with Crippen LogP contribution in [0.25, 0.3) is 0 Å². The number of rotatable bonds is 6. The maximum atomic E-state index is 6.33. The van der Waals surface area contributed by atoms with Crippen LogP contribution in [0.4, 0.5) is 5.69 Å². The van der Waals surface area contributed by atoms with Crippen molar-refractivity contribution in [2.75, 3.05) is 7.11 Å². The van der Waals surface area contributed by atoms with Gasteiger partial charge >= 0.3 is 0 Å². The molecule has 0 unspecified atom stereocenters. The normalized spacial score (nSPS) is 12.4. The fraction of sp³-hybridized carbons (Fsp3) is 0.278. The second-order valence-corrected chi connectivity index (χ2v) is 5.95. The first-order chi connectivity index (χ1) is 11.0. The standard InChI is InChI=1S/C18H19Cl2NO2/c1-4-12(2)23-18-16(20)8-13(9-17(18)22-3)11-21-15-7-5-6-14(19)10-15/h5-12H,4H2,1-3H3/t12-/m0/s1. The maximum absolute atomic E-state index is 6.33. The van der Waals surface area contributed by atoms with E-state index >= 15 is 0 Å². The monoisotopic (exact) mass is 351 g/mol. The Labute approximate surface area is 146 Å². The van der Waals surface area contributed by atoms with Gasteiger partial charge in [0.1, 0.15) is 0 Å². The fourth-order valence-electron chi connectivity index (χ4n) is 1.92. The topological polar surface area (TPSA) is 30.8 Å². The van der Waals surface area contributed by atoms with E-state index in [1.54, 1.807) is 25.5 Å². The van der Waals surface area contributed by atoms with Crippen molar-refractivity contribution in [2.24, 2.45) is 4.99 Å². The van der Waals surface area contributed by atoms with Crippen molar-refractivity contribution >= 4 is 35.1 Å². The molecule has 1 atom stereocenters. The van der Waals surface area contributed by atoms with Gasteiger partial charge in [-0.15, -0.1) is 0 Å². The van der Waals surface area contributed by atoms with Gasteiger partial charge in [-0.2, -0.15) is 0 Å². The second-order valence-electron chi connectivity index (χ2n) is 5.11. The summed E-state index contributed by atoms with van der Waals surface area (Å²) in [5, 5.41) is 1.14. The minimum Gasteiger partial charge on any atom is -0.493 e. The molecule has 0 saturated carbocycles. The zero-order valence-electron chi connectivity index (χ0n) is 13.3. The highest BCUT2D eigenvalue weighted by Crippen LogP contribution is 2.37. The van der Waals surface area contributed by atoms with Crippen molar-refractivity contribution in [3.63, 3.8) is 0 Å². The van der Waals surface area contributed by atoms with Crippen LogP contribution in [0.2, 0.25) is 10.0 Å². The number of methoxy groups -OCH3 is 1. The van der Waals surface area contributed by atoms with E-state index in [0.717, 1.165) is 17.7 Å². The van der Waals surface area contributed by atoms with Crippen LogP contribution < -0.4 is 9.47 Å². The molecule has 23 heavy (non-hydrogen) atoms. The summed E-state index contributed by atoms with van der Waals surface area (Å²) in [5.74, 6) is 1.15. The summed E-state index contributed by atoms with van der Waals surface area (Å²) in [4.78, 5) is 4.40. The molecule has 2 aromatic rings. The lowest BCUT2D eigenvalue weighted by molar-refractivity contribution is 0.208. The third kappa shape index (κ3) is 4.88. The molecule has 0 fully saturated rings. The van der Waals surface area contributed by atoms with E-state index in [1.165, 1.54) is 0 Å². The van der Waals surface area contributed by atoms with E-state index in [2.05, 4.69) is 11.9 Å². The molecule has 0 spiro atoms. The van der Waals surface area contributed by atoms with Crippen LogP contribution in [0.5, 0.6) is 11.5 Å². The molecule has 3 nitrogen and oxygen atoms in total. The van der Waals surface area contributed by atoms with E-state index in [1.807, 2.05) is 31.2 Å². The Balaban J connectivity index is 2.28. The maximum Gasteiger partial charge on any atom is 0.180 e. The molecule has 5 heteroatoms. The third-order valence-corrected chi connectivity index (χ3v) is 3.83. The van der Waals surface area contributed by atoms with Crippen molar-refractivity contribution < 1.29 is 9.47 Å². The lowest BCUT2D eigenvalue weighted by atomic mass is 10.2. The number of hydrogen-bond acceptors (Lipinski definition) is 3. The molecule has 0 saturated heterocycles. The number of benzene rings is 2. The quantitative estimate of drug-likeness (QED) is 0.603. The van der Waals surface area contributed by atoms with Gasteiger partial charge in [0.25, 0.3) is 0 Å². The molecule has 2 aromatic carbocycles. The molecular weight excluding hydrogens is 333 g/mol. The average molecular weight is 352 g/mol. The van der Waals surface area contributed by atoms with Crippen LogP contribution in [0.3, 0.4) is 0 Å². The number of halogens is 2. The van der Waals surface area contributed by atoms with Gasteiger partial charge in [0.15, 0.2) is 11.5 Å². The number of nitrogens with zero attached hydrogens (tertiary/aromatic N) is 1. The highest BCUT2D eigenvalue weighted by molar-refractivity contribution is 6.32. The van der Waals surface area contributed by atoms with Gasteiger partial charge in [0.05, 0.1) is 23.9 Å². The van der Waals surface area contributed by atoms with Gasteiger partial charge in [0, 0.05) is 11.2 Å². The molecule has 0 aliphatic rings. The largest absolute Gasteiger partial charge is 0.493 e. The SMILES string of the molecule is CC[C@H](C)Oc1c(Cl)cc(C=Nc2cccc(Cl)c2)cc1OC. The van der Waals surface area contributed by atoms with E-state index in [0.29, 0.717) is 21.5 Å². The Morgan fingerprint density at radius 2 is 2.00 bits per heavy atom. The first-order valence-electron chi connectivity index (χ1n) is 7.37. The minimum atomic E-state index is 0.0624. The molecular formula is C18H19Cl2NO2. The van der Waals surface area contributed by atoms with Gasteiger partial charge in [0.2, 0.25) is 0 Å². The Kier molecular flexibility index (Phi) is 6.31. The number of aliphatic imine (C=N–C) groups is 1. The van der Waals surface area contributed by atoms with E-state index in [-0.39, 0.29) is 6.10 Å². The molecule has 0 bridgehead atoms. The zero-order chi connectivity index (χ0) is 16.8. The first kappa shape index (κ1) is 17.6. The lowest BCUT2D eigenvalue weighted by Gasteiger charge is -2.17.